The highest BCUT2D eigenvalue weighted by Crippen LogP contribution is 2.22. The van der Waals surface area contributed by atoms with Crippen LogP contribution < -0.4 is 4.74 Å². The number of methoxy groups -OCH3 is 1. The number of tetrazole rings is 1. The molecule has 0 saturated carbocycles. The number of aromatic amines is 1. The van der Waals surface area contributed by atoms with Gasteiger partial charge in [0.1, 0.15) is 11.6 Å². The molecule has 1 unspecified atom stereocenters. The first-order valence-corrected chi connectivity index (χ1v) is 11.6. The van der Waals surface area contributed by atoms with Crippen molar-refractivity contribution < 1.29 is 9.13 Å². The van der Waals surface area contributed by atoms with Gasteiger partial charge in [-0.25, -0.2) is 9.49 Å². The van der Waals surface area contributed by atoms with E-state index in [1.165, 1.54) is 11.1 Å². The largest absolute Gasteiger partial charge is 0.497 e. The summed E-state index contributed by atoms with van der Waals surface area (Å²) < 4.78 is 19.3. The second-order valence-corrected chi connectivity index (χ2v) is 8.37. The lowest BCUT2D eigenvalue weighted by atomic mass is 9.93. The fourth-order valence-corrected chi connectivity index (χ4v) is 3.99. The van der Waals surface area contributed by atoms with Crippen LogP contribution >= 0.6 is 0 Å². The molecule has 4 rings (SSSR count). The predicted molar refractivity (Wildman–Crippen MR) is 133 cm³/mol. The van der Waals surface area contributed by atoms with Crippen LogP contribution in [0.2, 0.25) is 0 Å². The van der Waals surface area contributed by atoms with E-state index >= 15 is 0 Å². The van der Waals surface area contributed by atoms with Crippen molar-refractivity contribution in [3.05, 3.63) is 101 Å². The van der Waals surface area contributed by atoms with Gasteiger partial charge in [-0.1, -0.05) is 61.5 Å². The van der Waals surface area contributed by atoms with E-state index in [9.17, 15) is 4.39 Å². The molecule has 4 aromatic rings. The zero-order valence-corrected chi connectivity index (χ0v) is 19.5. The Morgan fingerprint density at radius 3 is 2.41 bits per heavy atom. The van der Waals surface area contributed by atoms with E-state index in [1.807, 2.05) is 30.3 Å². The number of aromatic nitrogens is 4. The summed E-state index contributed by atoms with van der Waals surface area (Å²) in [5, 5.41) is 14.0. The summed E-state index contributed by atoms with van der Waals surface area (Å²) in [6.45, 7) is 2.18. The Hall–Kier alpha value is -3.80. The third-order valence-corrected chi connectivity index (χ3v) is 6.09. The monoisotopic (exact) mass is 456 g/mol. The van der Waals surface area contributed by atoms with Crippen LogP contribution in [0.4, 0.5) is 4.39 Å². The Bertz CT molecular complexity index is 1200. The number of halogens is 1. The van der Waals surface area contributed by atoms with E-state index in [2.05, 4.69) is 64.0 Å². The van der Waals surface area contributed by atoms with Gasteiger partial charge in [-0.15, -0.1) is 5.10 Å². The maximum Gasteiger partial charge on any atom is 0.179 e. The Kier molecular flexibility index (Phi) is 7.81. The number of aryl methyl sites for hydroxylation is 2. The Morgan fingerprint density at radius 2 is 1.74 bits per heavy atom. The fourth-order valence-electron chi connectivity index (χ4n) is 3.99. The molecule has 1 atom stereocenters. The fraction of sp³-hybridized carbons (Fsp3) is 0.250. The minimum absolute atomic E-state index is 0.210. The summed E-state index contributed by atoms with van der Waals surface area (Å²) in [7, 11) is 1.67. The van der Waals surface area contributed by atoms with Gasteiger partial charge >= 0.3 is 0 Å². The number of nitrogens with one attached hydrogen (secondary N) is 1. The maximum atomic E-state index is 14.0. The smallest absolute Gasteiger partial charge is 0.179 e. The van der Waals surface area contributed by atoms with Gasteiger partial charge in [0.2, 0.25) is 0 Å². The summed E-state index contributed by atoms with van der Waals surface area (Å²) in [6.07, 6.45) is 7.94. The van der Waals surface area contributed by atoms with E-state index < -0.39 is 0 Å². The van der Waals surface area contributed by atoms with Crippen molar-refractivity contribution in [1.82, 2.24) is 20.6 Å². The number of benzene rings is 3. The molecule has 1 N–H and O–H groups in total. The molecule has 174 valence electrons. The van der Waals surface area contributed by atoms with E-state index in [-0.39, 0.29) is 5.82 Å². The first-order valence-electron chi connectivity index (χ1n) is 11.6. The van der Waals surface area contributed by atoms with Crippen molar-refractivity contribution in [1.29, 1.82) is 0 Å². The number of nitrogens with zero attached hydrogens (tertiary/aromatic N) is 3. The molecule has 3 aromatic carbocycles. The number of hydrogen-bond donors (Lipinski definition) is 1. The van der Waals surface area contributed by atoms with Crippen molar-refractivity contribution >= 4 is 6.08 Å². The van der Waals surface area contributed by atoms with Crippen LogP contribution in [0.15, 0.2) is 72.8 Å². The molecular weight excluding hydrogens is 427 g/mol. The quantitative estimate of drug-likeness (QED) is 0.314. The molecule has 0 bridgehead atoms. The van der Waals surface area contributed by atoms with Crippen molar-refractivity contribution in [3.63, 3.8) is 0 Å². The molecule has 0 aliphatic carbocycles. The first-order chi connectivity index (χ1) is 16.6. The number of H-pyrrole nitrogens is 1. The molecule has 0 saturated heterocycles. The highest BCUT2D eigenvalue weighted by Gasteiger charge is 2.08. The van der Waals surface area contributed by atoms with Crippen LogP contribution in [-0.4, -0.2) is 27.7 Å². The molecule has 0 radical (unpaired) electrons. The van der Waals surface area contributed by atoms with Crippen LogP contribution in [0.25, 0.3) is 17.5 Å². The lowest BCUT2D eigenvalue weighted by Gasteiger charge is -2.12. The zero-order valence-electron chi connectivity index (χ0n) is 19.5. The molecule has 0 amide bonds. The topological polar surface area (TPSA) is 63.7 Å². The minimum Gasteiger partial charge on any atom is -0.497 e. The van der Waals surface area contributed by atoms with Gasteiger partial charge in [0.25, 0.3) is 0 Å². The summed E-state index contributed by atoms with van der Waals surface area (Å²) in [5.74, 6) is 1.66. The summed E-state index contributed by atoms with van der Waals surface area (Å²) in [6, 6.07) is 21.4. The lowest BCUT2D eigenvalue weighted by molar-refractivity contribution is 0.414. The maximum absolute atomic E-state index is 14.0. The van der Waals surface area contributed by atoms with E-state index in [0.717, 1.165) is 48.1 Å². The predicted octanol–water partition coefficient (Wildman–Crippen LogP) is 6.08. The first kappa shape index (κ1) is 23.4. The Labute approximate surface area is 199 Å². The van der Waals surface area contributed by atoms with Crippen LogP contribution in [0.5, 0.6) is 5.75 Å². The highest BCUT2D eigenvalue weighted by molar-refractivity contribution is 5.55. The van der Waals surface area contributed by atoms with Crippen molar-refractivity contribution in [2.75, 3.05) is 7.11 Å². The Morgan fingerprint density at radius 1 is 0.971 bits per heavy atom. The molecule has 34 heavy (non-hydrogen) atoms. The molecule has 0 fully saturated rings. The molecule has 0 spiro atoms. The molecule has 0 aliphatic rings. The van der Waals surface area contributed by atoms with Gasteiger partial charge in [-0.05, 0) is 88.5 Å². The van der Waals surface area contributed by atoms with E-state index in [0.29, 0.717) is 11.7 Å². The molecule has 6 heteroatoms. The molecule has 5 nitrogen and oxygen atoms in total. The van der Waals surface area contributed by atoms with Gasteiger partial charge in [0.15, 0.2) is 5.82 Å². The van der Waals surface area contributed by atoms with Gasteiger partial charge in [0.05, 0.1) is 7.11 Å². The number of allylic oxidation sites excluding steroid dienone is 1. The minimum atomic E-state index is -0.210. The summed E-state index contributed by atoms with van der Waals surface area (Å²) >= 11 is 0. The van der Waals surface area contributed by atoms with Crippen LogP contribution in [-0.2, 0) is 19.3 Å². The molecule has 1 heterocycles. The van der Waals surface area contributed by atoms with Gasteiger partial charge in [-0.3, -0.25) is 0 Å². The molecule has 1 aromatic heterocycles. The SMILES string of the molecule is CCC(C=Cc1cc(F)ccc1CCc1ccc(OC)cc1)Cc1ccc(-c2nnn[nH]2)cc1. The summed E-state index contributed by atoms with van der Waals surface area (Å²) in [4.78, 5) is 0. The third kappa shape index (κ3) is 6.16. The normalized spacial score (nSPS) is 12.2. The van der Waals surface area contributed by atoms with E-state index in [4.69, 9.17) is 4.74 Å². The molecular formula is C28H29FN4O. The standard InChI is InChI=1S/C28H29FN4O/c1-3-20(18-22-6-11-24(12-7-22)28-30-32-33-31-28)4-13-25-19-26(29)15-14-23(25)10-5-21-8-16-27(34-2)17-9-21/h4,6-9,11-17,19-20H,3,5,10,18H2,1-2H3,(H,30,31,32,33). The second kappa shape index (κ2) is 11.4. The van der Waals surface area contributed by atoms with Crippen molar-refractivity contribution in [3.8, 4) is 17.1 Å². The van der Waals surface area contributed by atoms with E-state index in [1.54, 1.807) is 19.2 Å². The van der Waals surface area contributed by atoms with Crippen molar-refractivity contribution in [2.24, 2.45) is 5.92 Å². The Balaban J connectivity index is 1.43. The lowest BCUT2D eigenvalue weighted by Crippen LogP contribution is -2.00. The van der Waals surface area contributed by atoms with Crippen LogP contribution in [0.1, 0.15) is 35.6 Å². The zero-order chi connectivity index (χ0) is 23.8. The summed E-state index contributed by atoms with van der Waals surface area (Å²) in [5.41, 5.74) is 5.52. The molecule has 0 aliphatic heterocycles. The third-order valence-electron chi connectivity index (χ3n) is 6.09. The van der Waals surface area contributed by atoms with Crippen LogP contribution in [0, 0.1) is 11.7 Å². The number of hydrogen-bond acceptors (Lipinski definition) is 4. The average Bonchev–Trinajstić information content (AvgIpc) is 3.42. The number of ether oxygens (including phenoxy) is 1. The second-order valence-electron chi connectivity index (χ2n) is 8.37. The van der Waals surface area contributed by atoms with Crippen molar-refractivity contribution in [2.45, 2.75) is 32.6 Å². The highest BCUT2D eigenvalue weighted by atomic mass is 19.1. The van der Waals surface area contributed by atoms with Gasteiger partial charge in [0, 0.05) is 5.56 Å². The average molecular weight is 457 g/mol. The van der Waals surface area contributed by atoms with Gasteiger partial charge < -0.3 is 4.74 Å². The van der Waals surface area contributed by atoms with Crippen LogP contribution in [0.3, 0.4) is 0 Å². The number of rotatable bonds is 10. The van der Waals surface area contributed by atoms with Gasteiger partial charge in [-0.2, -0.15) is 0 Å².